The molecule has 17 heavy (non-hydrogen) atoms. The maximum Gasteiger partial charge on any atom is 0.165 e. The molecule has 0 bridgehead atoms. The number of hydrogen-bond acceptors (Lipinski definition) is 3. The molecule has 0 amide bonds. The molecule has 0 aromatic heterocycles. The molecule has 0 spiro atoms. The number of nitrogens with one attached hydrogen (secondary N) is 1. The fraction of sp³-hybridized carbons (Fsp3) is 0.500. The molecule has 0 aliphatic carbocycles. The van der Waals surface area contributed by atoms with Gasteiger partial charge in [0.05, 0.1) is 0 Å². The molecule has 3 heteroatoms. The number of methoxy groups -OCH3 is 1. The topological polar surface area (TPSA) is 38.3 Å². The van der Waals surface area contributed by atoms with Crippen LogP contribution in [-0.4, -0.2) is 26.0 Å². The SMILES string of the molecule is COCCC(C)C(=O)c1ccc2c(c1)CCN2. The van der Waals surface area contributed by atoms with Gasteiger partial charge in [0.25, 0.3) is 0 Å². The maximum absolute atomic E-state index is 12.2. The first kappa shape index (κ1) is 12.1. The van der Waals surface area contributed by atoms with E-state index in [1.54, 1.807) is 7.11 Å². The van der Waals surface area contributed by atoms with Crippen molar-refractivity contribution < 1.29 is 9.53 Å². The van der Waals surface area contributed by atoms with Crippen LogP contribution in [-0.2, 0) is 11.2 Å². The van der Waals surface area contributed by atoms with Gasteiger partial charge in [-0.15, -0.1) is 0 Å². The molecule has 0 radical (unpaired) electrons. The van der Waals surface area contributed by atoms with Crippen LogP contribution in [0.3, 0.4) is 0 Å². The van der Waals surface area contributed by atoms with E-state index >= 15 is 0 Å². The van der Waals surface area contributed by atoms with Gasteiger partial charge in [-0.2, -0.15) is 0 Å². The summed E-state index contributed by atoms with van der Waals surface area (Å²) in [6.45, 7) is 3.58. The summed E-state index contributed by atoms with van der Waals surface area (Å²) in [5.41, 5.74) is 3.26. The Morgan fingerprint density at radius 2 is 2.35 bits per heavy atom. The average Bonchev–Trinajstić information content (AvgIpc) is 2.81. The quantitative estimate of drug-likeness (QED) is 0.794. The molecule has 0 saturated carbocycles. The average molecular weight is 233 g/mol. The number of anilines is 1. The molecule has 1 aromatic rings. The van der Waals surface area contributed by atoms with Crippen LogP contribution in [0.4, 0.5) is 5.69 Å². The van der Waals surface area contributed by atoms with Crippen molar-refractivity contribution in [3.63, 3.8) is 0 Å². The van der Waals surface area contributed by atoms with Crippen LogP contribution in [0.15, 0.2) is 18.2 Å². The van der Waals surface area contributed by atoms with Gasteiger partial charge in [-0.25, -0.2) is 0 Å². The van der Waals surface area contributed by atoms with Crippen LogP contribution in [0.2, 0.25) is 0 Å². The van der Waals surface area contributed by atoms with Crippen molar-refractivity contribution in [3.05, 3.63) is 29.3 Å². The Labute approximate surface area is 102 Å². The summed E-state index contributed by atoms with van der Waals surface area (Å²) < 4.78 is 5.01. The van der Waals surface area contributed by atoms with E-state index in [2.05, 4.69) is 5.32 Å². The number of benzene rings is 1. The number of hydrogen-bond donors (Lipinski definition) is 1. The number of Topliss-reactive ketones (excluding diaryl/α,β-unsaturated/α-hetero) is 1. The fourth-order valence-corrected chi connectivity index (χ4v) is 2.17. The zero-order valence-electron chi connectivity index (χ0n) is 10.5. The number of ether oxygens (including phenoxy) is 1. The zero-order valence-corrected chi connectivity index (χ0v) is 10.5. The Morgan fingerprint density at radius 1 is 1.53 bits per heavy atom. The van der Waals surface area contributed by atoms with Crippen LogP contribution in [0, 0.1) is 5.92 Å². The van der Waals surface area contributed by atoms with Crippen molar-refractivity contribution in [2.45, 2.75) is 19.8 Å². The summed E-state index contributed by atoms with van der Waals surface area (Å²) in [5, 5.41) is 3.30. The third kappa shape index (κ3) is 2.67. The van der Waals surface area contributed by atoms with Crippen molar-refractivity contribution >= 4 is 11.5 Å². The normalized spacial score (nSPS) is 15.2. The number of fused-ring (bicyclic) bond motifs is 1. The molecule has 92 valence electrons. The van der Waals surface area contributed by atoms with E-state index in [4.69, 9.17) is 4.74 Å². The van der Waals surface area contributed by atoms with Crippen LogP contribution in [0.1, 0.15) is 29.3 Å². The lowest BCUT2D eigenvalue weighted by atomic mass is 9.95. The van der Waals surface area contributed by atoms with E-state index < -0.39 is 0 Å². The summed E-state index contributed by atoms with van der Waals surface area (Å²) in [6.07, 6.45) is 1.80. The van der Waals surface area contributed by atoms with Gasteiger partial charge in [0, 0.05) is 37.4 Å². The molecule has 1 aromatic carbocycles. The van der Waals surface area contributed by atoms with Gasteiger partial charge in [0.15, 0.2) is 5.78 Å². The van der Waals surface area contributed by atoms with Gasteiger partial charge >= 0.3 is 0 Å². The first-order chi connectivity index (χ1) is 8.22. The lowest BCUT2D eigenvalue weighted by Gasteiger charge is -2.10. The van der Waals surface area contributed by atoms with Crippen LogP contribution >= 0.6 is 0 Å². The highest BCUT2D eigenvalue weighted by atomic mass is 16.5. The molecule has 1 heterocycles. The lowest BCUT2D eigenvalue weighted by molar-refractivity contribution is 0.0893. The molecule has 1 N–H and O–H groups in total. The predicted octanol–water partition coefficient (Wildman–Crippen LogP) is 2.51. The van der Waals surface area contributed by atoms with E-state index in [0.717, 1.165) is 24.9 Å². The first-order valence-corrected chi connectivity index (χ1v) is 6.12. The second kappa shape index (κ2) is 5.32. The largest absolute Gasteiger partial charge is 0.385 e. The Morgan fingerprint density at radius 3 is 3.12 bits per heavy atom. The molecule has 1 unspecified atom stereocenters. The van der Waals surface area contributed by atoms with Crippen molar-refractivity contribution in [1.82, 2.24) is 0 Å². The molecular formula is C14H19NO2. The van der Waals surface area contributed by atoms with E-state index in [-0.39, 0.29) is 11.7 Å². The van der Waals surface area contributed by atoms with Gasteiger partial charge in [-0.05, 0) is 36.6 Å². The highest BCUT2D eigenvalue weighted by Crippen LogP contribution is 2.24. The number of rotatable bonds is 5. The highest BCUT2D eigenvalue weighted by Gasteiger charge is 2.17. The lowest BCUT2D eigenvalue weighted by Crippen LogP contribution is -2.13. The van der Waals surface area contributed by atoms with Gasteiger partial charge in [0.1, 0.15) is 0 Å². The molecule has 1 aliphatic heterocycles. The smallest absolute Gasteiger partial charge is 0.165 e. The van der Waals surface area contributed by atoms with E-state index in [9.17, 15) is 4.79 Å². The zero-order chi connectivity index (χ0) is 12.3. The Hall–Kier alpha value is -1.35. The minimum atomic E-state index is 0.0300. The van der Waals surface area contributed by atoms with Crippen molar-refractivity contribution in [3.8, 4) is 0 Å². The first-order valence-electron chi connectivity index (χ1n) is 6.12. The van der Waals surface area contributed by atoms with Crippen LogP contribution in [0.5, 0.6) is 0 Å². The molecular weight excluding hydrogens is 214 g/mol. The summed E-state index contributed by atoms with van der Waals surface area (Å²) >= 11 is 0. The Bertz CT molecular complexity index is 415. The maximum atomic E-state index is 12.2. The Balaban J connectivity index is 2.09. The number of ketones is 1. The van der Waals surface area contributed by atoms with Crippen molar-refractivity contribution in [2.75, 3.05) is 25.6 Å². The van der Waals surface area contributed by atoms with E-state index in [1.807, 2.05) is 25.1 Å². The van der Waals surface area contributed by atoms with Gasteiger partial charge in [-0.3, -0.25) is 4.79 Å². The third-order valence-corrected chi connectivity index (χ3v) is 3.30. The van der Waals surface area contributed by atoms with Gasteiger partial charge < -0.3 is 10.1 Å². The summed E-state index contributed by atoms with van der Waals surface area (Å²) in [7, 11) is 1.66. The van der Waals surface area contributed by atoms with Gasteiger partial charge in [-0.1, -0.05) is 6.92 Å². The predicted molar refractivity (Wildman–Crippen MR) is 68.6 cm³/mol. The van der Waals surface area contributed by atoms with Crippen molar-refractivity contribution in [1.29, 1.82) is 0 Å². The third-order valence-electron chi connectivity index (χ3n) is 3.30. The number of carbonyl (C=O) groups excluding carboxylic acids is 1. The fourth-order valence-electron chi connectivity index (χ4n) is 2.17. The van der Waals surface area contributed by atoms with Crippen molar-refractivity contribution in [2.24, 2.45) is 5.92 Å². The summed E-state index contributed by atoms with van der Waals surface area (Å²) in [6, 6.07) is 5.96. The second-order valence-electron chi connectivity index (χ2n) is 4.60. The monoisotopic (exact) mass is 233 g/mol. The van der Waals surface area contributed by atoms with Crippen LogP contribution < -0.4 is 5.32 Å². The summed E-state index contributed by atoms with van der Waals surface area (Å²) in [4.78, 5) is 12.2. The van der Waals surface area contributed by atoms with E-state index in [0.29, 0.717) is 6.61 Å². The minimum Gasteiger partial charge on any atom is -0.385 e. The summed E-state index contributed by atoms with van der Waals surface area (Å²) in [5.74, 6) is 0.249. The highest BCUT2D eigenvalue weighted by molar-refractivity contribution is 5.98. The molecule has 2 rings (SSSR count). The Kier molecular flexibility index (Phi) is 3.79. The standard InChI is InChI=1S/C14H19NO2/c1-10(6-8-17-2)14(16)12-3-4-13-11(9-12)5-7-15-13/h3-4,9-10,15H,5-8H2,1-2H3. The molecule has 3 nitrogen and oxygen atoms in total. The van der Waals surface area contributed by atoms with E-state index in [1.165, 1.54) is 11.3 Å². The van der Waals surface area contributed by atoms with Crippen LogP contribution in [0.25, 0.3) is 0 Å². The molecule has 1 aliphatic rings. The number of carbonyl (C=O) groups is 1. The second-order valence-corrected chi connectivity index (χ2v) is 4.60. The molecule has 1 atom stereocenters. The minimum absolute atomic E-state index is 0.0300. The van der Waals surface area contributed by atoms with Gasteiger partial charge in [0.2, 0.25) is 0 Å². The molecule has 0 fully saturated rings. The molecule has 0 saturated heterocycles.